The molecule has 1 aliphatic heterocycles. The number of rotatable bonds is 4. The number of hydrogen-bond acceptors (Lipinski definition) is 7. The molecule has 27 heavy (non-hydrogen) atoms. The van der Waals surface area contributed by atoms with Gasteiger partial charge in [0, 0.05) is 5.69 Å². The molecule has 1 fully saturated rings. The van der Waals surface area contributed by atoms with Crippen molar-refractivity contribution in [2.45, 2.75) is 30.6 Å². The van der Waals surface area contributed by atoms with Gasteiger partial charge in [0.05, 0.1) is 6.20 Å². The van der Waals surface area contributed by atoms with E-state index in [-0.39, 0.29) is 0 Å². The third kappa shape index (κ3) is 3.66. The fourth-order valence-corrected chi connectivity index (χ4v) is 2.71. The molecule has 2 heterocycles. The zero-order valence-electron chi connectivity index (χ0n) is 13.7. The lowest BCUT2D eigenvalue weighted by atomic mass is 10.0. The number of amides is 1. The number of anilines is 1. The normalized spacial score (nSPS) is 25.9. The molecule has 0 radical (unpaired) electrons. The van der Waals surface area contributed by atoms with E-state index in [9.17, 15) is 34.1 Å². The maximum Gasteiger partial charge on any atom is 0.330 e. The molecule has 2 aromatic rings. The van der Waals surface area contributed by atoms with Gasteiger partial charge in [-0.3, -0.25) is 19.1 Å². The average Bonchev–Trinajstić information content (AvgIpc) is 2.93. The summed E-state index contributed by atoms with van der Waals surface area (Å²) in [5, 5.41) is 32.8. The van der Waals surface area contributed by atoms with Crippen molar-refractivity contribution in [2.24, 2.45) is 0 Å². The second kappa shape index (κ2) is 7.40. The zero-order valence-corrected chi connectivity index (χ0v) is 13.7. The number of nitrogens with one attached hydrogen (secondary N) is 2. The molecule has 11 heteroatoms. The summed E-state index contributed by atoms with van der Waals surface area (Å²) in [5.41, 5.74) is -1.98. The van der Waals surface area contributed by atoms with Gasteiger partial charge in [-0.1, -0.05) is 18.2 Å². The van der Waals surface area contributed by atoms with Crippen molar-refractivity contribution in [2.75, 3.05) is 5.32 Å². The van der Waals surface area contributed by atoms with E-state index in [0.717, 1.165) is 0 Å². The second-order valence-corrected chi connectivity index (χ2v) is 5.92. The first-order chi connectivity index (χ1) is 12.8. The van der Waals surface area contributed by atoms with Crippen LogP contribution in [0.25, 0.3) is 0 Å². The molecule has 1 aromatic carbocycles. The number of carbonyl (C=O) groups excluding carboxylic acids is 1. The quantitative estimate of drug-likeness (QED) is 0.423. The van der Waals surface area contributed by atoms with Crippen LogP contribution in [-0.2, 0) is 9.53 Å². The average molecular weight is 381 g/mol. The van der Waals surface area contributed by atoms with Crippen LogP contribution in [0.15, 0.2) is 46.1 Å². The van der Waals surface area contributed by atoms with Gasteiger partial charge in [-0.05, 0) is 12.1 Å². The van der Waals surface area contributed by atoms with Crippen LogP contribution in [-0.4, -0.2) is 55.2 Å². The van der Waals surface area contributed by atoms with E-state index < -0.39 is 53.6 Å². The topological polar surface area (TPSA) is 154 Å². The van der Waals surface area contributed by atoms with Gasteiger partial charge in [-0.2, -0.15) is 4.39 Å². The maximum atomic E-state index is 13.4. The van der Waals surface area contributed by atoms with Crippen molar-refractivity contribution in [3.05, 3.63) is 63.2 Å². The summed E-state index contributed by atoms with van der Waals surface area (Å²) in [6.45, 7) is 0. The van der Waals surface area contributed by atoms with Gasteiger partial charge >= 0.3 is 5.69 Å². The summed E-state index contributed by atoms with van der Waals surface area (Å²) in [4.78, 5) is 36.7. The first-order valence-electron chi connectivity index (χ1n) is 7.86. The van der Waals surface area contributed by atoms with Crippen molar-refractivity contribution in [3.8, 4) is 0 Å². The van der Waals surface area contributed by atoms with Crippen molar-refractivity contribution in [1.82, 2.24) is 9.55 Å². The lowest BCUT2D eigenvalue weighted by Gasteiger charge is -2.20. The highest BCUT2D eigenvalue weighted by Gasteiger charge is 2.49. The summed E-state index contributed by atoms with van der Waals surface area (Å²) in [6, 6.07) is 8.16. The summed E-state index contributed by atoms with van der Waals surface area (Å²) in [6.07, 6.45) is -8.15. The standard InChI is InChI=1S/C16H16FN3O7/c17-8-6-20(16(26)19-13(8)24)15-10(22)9(21)12(27-15)11(23)14(25)18-7-4-2-1-3-5-7/h1-6,9-12,15,21-23H,(H,18,25)(H,19,24,26)/t9-,10+,11?,12-,15+/m0/s1. The molecule has 5 N–H and O–H groups in total. The first kappa shape index (κ1) is 18.9. The third-order valence-corrected chi connectivity index (χ3v) is 4.09. The Bertz CT molecular complexity index is 945. The molecule has 3 rings (SSSR count). The lowest BCUT2D eigenvalue weighted by molar-refractivity contribution is -0.138. The van der Waals surface area contributed by atoms with E-state index in [2.05, 4.69) is 5.32 Å². The highest BCUT2D eigenvalue weighted by molar-refractivity contribution is 5.94. The molecule has 1 aliphatic rings. The van der Waals surface area contributed by atoms with E-state index in [1.54, 1.807) is 35.3 Å². The molecule has 1 unspecified atom stereocenters. The first-order valence-corrected chi connectivity index (χ1v) is 7.86. The zero-order chi connectivity index (χ0) is 19.7. The van der Waals surface area contributed by atoms with Gasteiger partial charge < -0.3 is 25.4 Å². The Morgan fingerprint density at radius 2 is 1.89 bits per heavy atom. The van der Waals surface area contributed by atoms with Crippen LogP contribution in [0.4, 0.5) is 10.1 Å². The van der Waals surface area contributed by atoms with Crippen LogP contribution >= 0.6 is 0 Å². The number of aliphatic hydroxyl groups excluding tert-OH is 3. The van der Waals surface area contributed by atoms with Crippen LogP contribution < -0.4 is 16.6 Å². The largest absolute Gasteiger partial charge is 0.387 e. The fraction of sp³-hybridized carbons (Fsp3) is 0.312. The van der Waals surface area contributed by atoms with Gasteiger partial charge in [-0.15, -0.1) is 0 Å². The number of aliphatic hydroxyl groups is 3. The number of nitrogens with zero attached hydrogens (tertiary/aromatic N) is 1. The predicted octanol–water partition coefficient (Wildman–Crippen LogP) is -1.71. The van der Waals surface area contributed by atoms with Gasteiger partial charge in [0.1, 0.15) is 18.3 Å². The molecule has 5 atom stereocenters. The number of halogens is 1. The Labute approximate surface area is 150 Å². The maximum absolute atomic E-state index is 13.4. The van der Waals surface area contributed by atoms with Crippen molar-refractivity contribution in [3.63, 3.8) is 0 Å². The van der Waals surface area contributed by atoms with Crippen LogP contribution in [0.1, 0.15) is 6.23 Å². The molecule has 10 nitrogen and oxygen atoms in total. The molecule has 1 saturated heterocycles. The van der Waals surface area contributed by atoms with E-state index in [4.69, 9.17) is 4.74 Å². The molecule has 0 spiro atoms. The molecular weight excluding hydrogens is 365 g/mol. The SMILES string of the molecule is O=C(Nc1ccccc1)C(O)[C@H]1O[C@@H](n2cc(F)c(=O)[nH]c2=O)[C@H](O)[C@@H]1O. The van der Waals surface area contributed by atoms with E-state index in [1.165, 1.54) is 0 Å². The summed E-state index contributed by atoms with van der Waals surface area (Å²) < 4.78 is 19.2. The highest BCUT2D eigenvalue weighted by Crippen LogP contribution is 2.30. The molecule has 0 bridgehead atoms. The number of hydrogen-bond donors (Lipinski definition) is 5. The number of carbonyl (C=O) groups is 1. The minimum Gasteiger partial charge on any atom is -0.387 e. The number of ether oxygens (including phenoxy) is 1. The van der Waals surface area contributed by atoms with Gasteiger partial charge in [0.15, 0.2) is 12.3 Å². The second-order valence-electron chi connectivity index (χ2n) is 5.92. The smallest absolute Gasteiger partial charge is 0.330 e. The van der Waals surface area contributed by atoms with Crippen molar-refractivity contribution in [1.29, 1.82) is 0 Å². The van der Waals surface area contributed by atoms with E-state index in [1.807, 2.05) is 0 Å². The Kier molecular flexibility index (Phi) is 5.19. The fourth-order valence-electron chi connectivity index (χ4n) is 2.71. The minimum absolute atomic E-state index is 0.380. The Balaban J connectivity index is 1.80. The number of benzene rings is 1. The summed E-state index contributed by atoms with van der Waals surface area (Å²) in [5.74, 6) is -2.23. The lowest BCUT2D eigenvalue weighted by Crippen LogP contribution is -2.45. The Hall–Kier alpha value is -2.86. The highest BCUT2D eigenvalue weighted by atomic mass is 19.1. The Morgan fingerprint density at radius 3 is 2.56 bits per heavy atom. The summed E-state index contributed by atoms with van der Waals surface area (Å²) in [7, 11) is 0. The van der Waals surface area contributed by atoms with Crippen LogP contribution in [0.3, 0.4) is 0 Å². The van der Waals surface area contributed by atoms with Crippen molar-refractivity contribution < 1.29 is 29.2 Å². The molecule has 1 amide bonds. The molecular formula is C16H16FN3O7. The van der Waals surface area contributed by atoms with Gasteiger partial charge in [0.25, 0.3) is 11.5 Å². The monoisotopic (exact) mass is 381 g/mol. The minimum atomic E-state index is -1.90. The van der Waals surface area contributed by atoms with E-state index >= 15 is 0 Å². The number of aromatic amines is 1. The molecule has 0 aliphatic carbocycles. The van der Waals surface area contributed by atoms with Crippen LogP contribution in [0.2, 0.25) is 0 Å². The van der Waals surface area contributed by atoms with Crippen molar-refractivity contribution >= 4 is 11.6 Å². The third-order valence-electron chi connectivity index (χ3n) is 4.09. The molecule has 144 valence electrons. The Morgan fingerprint density at radius 1 is 1.22 bits per heavy atom. The van der Waals surface area contributed by atoms with E-state index in [0.29, 0.717) is 16.5 Å². The number of para-hydroxylation sites is 1. The predicted molar refractivity (Wildman–Crippen MR) is 88.3 cm³/mol. The van der Waals surface area contributed by atoms with Crippen LogP contribution in [0.5, 0.6) is 0 Å². The van der Waals surface area contributed by atoms with Gasteiger partial charge in [-0.25, -0.2) is 4.79 Å². The molecule has 1 aromatic heterocycles. The van der Waals surface area contributed by atoms with Gasteiger partial charge in [0.2, 0.25) is 5.82 Å². The summed E-state index contributed by atoms with van der Waals surface area (Å²) >= 11 is 0. The number of H-pyrrole nitrogens is 1. The molecule has 0 saturated carbocycles. The van der Waals surface area contributed by atoms with Crippen LogP contribution in [0, 0.1) is 5.82 Å². The number of aromatic nitrogens is 2.